The van der Waals surface area contributed by atoms with Crippen LogP contribution in [0, 0.1) is 23.2 Å². The maximum absolute atomic E-state index is 13.6. The van der Waals surface area contributed by atoms with Crippen LogP contribution in [0.3, 0.4) is 0 Å². The van der Waals surface area contributed by atoms with Gasteiger partial charge in [-0.15, -0.1) is 0 Å². The Morgan fingerprint density at radius 3 is 2.14 bits per heavy atom. The third-order valence-electron chi connectivity index (χ3n) is 6.00. The van der Waals surface area contributed by atoms with Gasteiger partial charge in [0.25, 0.3) is 0 Å². The van der Waals surface area contributed by atoms with E-state index in [1.54, 1.807) is 20.8 Å². The lowest BCUT2D eigenvalue weighted by atomic mass is 9.49. The molecule has 0 aromatic rings. The first-order chi connectivity index (χ1) is 13.1. The monoisotopic (exact) mass is 440 g/mol. The molecular weight excluding hydrogens is 414 g/mol. The molecule has 4 aliphatic rings. The predicted molar refractivity (Wildman–Crippen MR) is 94.5 cm³/mol. The van der Waals surface area contributed by atoms with Crippen molar-refractivity contribution >= 4 is 22.2 Å². The molecule has 4 saturated carbocycles. The minimum absolute atomic E-state index is 0.132. The van der Waals surface area contributed by atoms with Gasteiger partial charge in [0.1, 0.15) is 18.3 Å². The molecule has 4 aliphatic carbocycles. The second-order valence-corrected chi connectivity index (χ2v) is 11.0. The third kappa shape index (κ3) is 4.50. The molecule has 4 bridgehead atoms. The molecule has 4 rings (SSSR count). The van der Waals surface area contributed by atoms with Crippen LogP contribution in [0.1, 0.15) is 52.9 Å². The average molecular weight is 440 g/mol. The van der Waals surface area contributed by atoms with Crippen LogP contribution in [0.25, 0.3) is 0 Å². The van der Waals surface area contributed by atoms with Crippen LogP contribution >= 0.6 is 0 Å². The summed E-state index contributed by atoms with van der Waals surface area (Å²) in [6.45, 7) is 5.30. The standard InChI is InChI=1S/C18H26F2O8S/c1-16(2,3)28-15(22)26-9-17-6-10-4-11(7-17)13(12(5-10)8-17)27-14(21)18(19,20)29(23,24)25/h10-13H,4-9H2,1-3H3,(H,23,24,25). The topological polar surface area (TPSA) is 116 Å². The fourth-order valence-corrected chi connectivity index (χ4v) is 5.56. The molecule has 4 fully saturated rings. The van der Waals surface area contributed by atoms with E-state index in [4.69, 9.17) is 18.8 Å². The molecule has 1 N–H and O–H groups in total. The fourth-order valence-electron chi connectivity index (χ4n) is 5.30. The van der Waals surface area contributed by atoms with Gasteiger partial charge in [0, 0.05) is 5.41 Å². The van der Waals surface area contributed by atoms with E-state index in [2.05, 4.69) is 0 Å². The molecule has 2 unspecified atom stereocenters. The van der Waals surface area contributed by atoms with Crippen molar-refractivity contribution in [3.63, 3.8) is 0 Å². The highest BCUT2D eigenvalue weighted by molar-refractivity contribution is 7.87. The van der Waals surface area contributed by atoms with Gasteiger partial charge in [-0.1, -0.05) is 0 Å². The van der Waals surface area contributed by atoms with Crippen molar-refractivity contribution in [3.8, 4) is 0 Å². The predicted octanol–water partition coefficient (Wildman–Crippen LogP) is 3.16. The normalized spacial score (nSPS) is 34.0. The van der Waals surface area contributed by atoms with E-state index in [9.17, 15) is 26.8 Å². The number of halogens is 2. The molecule has 0 aliphatic heterocycles. The van der Waals surface area contributed by atoms with E-state index in [0.29, 0.717) is 31.6 Å². The maximum atomic E-state index is 13.6. The number of rotatable bonds is 5. The van der Waals surface area contributed by atoms with Crippen LogP contribution in [0.4, 0.5) is 13.6 Å². The molecule has 166 valence electrons. The van der Waals surface area contributed by atoms with Gasteiger partial charge in [0.15, 0.2) is 0 Å². The molecule has 29 heavy (non-hydrogen) atoms. The highest BCUT2D eigenvalue weighted by Gasteiger charge is 2.60. The van der Waals surface area contributed by atoms with Crippen molar-refractivity contribution in [1.29, 1.82) is 0 Å². The van der Waals surface area contributed by atoms with Crippen LogP contribution in [-0.2, 0) is 29.1 Å². The number of ether oxygens (including phenoxy) is 3. The van der Waals surface area contributed by atoms with Crippen LogP contribution in [0.5, 0.6) is 0 Å². The first-order valence-electron chi connectivity index (χ1n) is 9.54. The number of esters is 1. The summed E-state index contributed by atoms with van der Waals surface area (Å²) in [6.07, 6.45) is 1.56. The zero-order valence-electron chi connectivity index (χ0n) is 16.5. The van der Waals surface area contributed by atoms with Crippen molar-refractivity contribution in [1.82, 2.24) is 0 Å². The molecule has 0 spiro atoms. The first kappa shape index (κ1) is 22.2. The lowest BCUT2D eigenvalue weighted by Gasteiger charge is -2.59. The van der Waals surface area contributed by atoms with E-state index >= 15 is 0 Å². The van der Waals surface area contributed by atoms with Crippen LogP contribution in [0.2, 0.25) is 0 Å². The van der Waals surface area contributed by atoms with Crippen molar-refractivity contribution in [2.24, 2.45) is 23.2 Å². The number of hydrogen-bond donors (Lipinski definition) is 1. The van der Waals surface area contributed by atoms with Crippen LogP contribution < -0.4 is 0 Å². The minimum Gasteiger partial charge on any atom is -0.456 e. The summed E-state index contributed by atoms with van der Waals surface area (Å²) in [6, 6.07) is 0. The SMILES string of the molecule is CC(C)(C)OC(=O)OCC12CC3CC(C1)C(OC(=O)C(F)(F)S(=O)(=O)O)C(C3)C2. The summed E-state index contributed by atoms with van der Waals surface area (Å²) < 4.78 is 72.7. The van der Waals surface area contributed by atoms with Crippen molar-refractivity contribution in [2.75, 3.05) is 6.61 Å². The number of carbonyl (C=O) groups is 2. The van der Waals surface area contributed by atoms with E-state index in [1.165, 1.54) is 0 Å². The van der Waals surface area contributed by atoms with Gasteiger partial charge >= 0.3 is 27.5 Å². The van der Waals surface area contributed by atoms with Crippen molar-refractivity contribution in [3.05, 3.63) is 0 Å². The van der Waals surface area contributed by atoms with Crippen molar-refractivity contribution in [2.45, 2.75) is 69.8 Å². The Labute approximate surface area is 168 Å². The quantitative estimate of drug-likeness (QED) is 0.512. The summed E-state index contributed by atoms with van der Waals surface area (Å²) in [5, 5.41) is -5.00. The minimum atomic E-state index is -5.90. The summed E-state index contributed by atoms with van der Waals surface area (Å²) in [7, 11) is -5.90. The highest BCUT2D eigenvalue weighted by Crippen LogP contribution is 2.61. The van der Waals surface area contributed by atoms with E-state index in [0.717, 1.165) is 6.42 Å². The van der Waals surface area contributed by atoms with Gasteiger partial charge in [-0.05, 0) is 70.6 Å². The van der Waals surface area contributed by atoms with Crippen molar-refractivity contribution < 1.29 is 45.6 Å². The Bertz CT molecular complexity index is 772. The average Bonchev–Trinajstić information content (AvgIpc) is 2.53. The molecular formula is C18H26F2O8S. The molecule has 0 heterocycles. The van der Waals surface area contributed by atoms with Crippen LogP contribution in [0.15, 0.2) is 0 Å². The van der Waals surface area contributed by atoms with Gasteiger partial charge in [0.2, 0.25) is 0 Å². The molecule has 0 aromatic carbocycles. The lowest BCUT2D eigenvalue weighted by Crippen LogP contribution is -2.57. The molecule has 0 saturated heterocycles. The first-order valence-corrected chi connectivity index (χ1v) is 11.0. The number of alkyl halides is 2. The molecule has 0 radical (unpaired) electrons. The Morgan fingerprint density at radius 1 is 1.10 bits per heavy atom. The summed E-state index contributed by atoms with van der Waals surface area (Å²) in [4.78, 5) is 23.6. The largest absolute Gasteiger partial charge is 0.508 e. The maximum Gasteiger partial charge on any atom is 0.508 e. The Morgan fingerprint density at radius 2 is 1.66 bits per heavy atom. The summed E-state index contributed by atoms with van der Waals surface area (Å²) in [5.41, 5.74) is -1.02. The molecule has 0 aromatic heterocycles. The number of hydrogen-bond acceptors (Lipinski definition) is 7. The van der Waals surface area contributed by atoms with Crippen LogP contribution in [-0.4, -0.2) is 48.7 Å². The highest BCUT2D eigenvalue weighted by atomic mass is 32.2. The smallest absolute Gasteiger partial charge is 0.456 e. The van der Waals surface area contributed by atoms with Gasteiger partial charge in [-0.2, -0.15) is 17.2 Å². The molecule has 8 nitrogen and oxygen atoms in total. The van der Waals surface area contributed by atoms with Gasteiger partial charge in [-0.3, -0.25) is 4.55 Å². The molecule has 11 heteroatoms. The Balaban J connectivity index is 1.66. The zero-order valence-corrected chi connectivity index (χ0v) is 17.3. The van der Waals surface area contributed by atoms with E-state index in [-0.39, 0.29) is 23.9 Å². The fraction of sp³-hybridized carbons (Fsp3) is 0.889. The zero-order chi connectivity index (χ0) is 21.8. The summed E-state index contributed by atoms with van der Waals surface area (Å²) >= 11 is 0. The second-order valence-electron chi connectivity index (χ2n) is 9.58. The summed E-state index contributed by atoms with van der Waals surface area (Å²) in [5.74, 6) is -2.42. The van der Waals surface area contributed by atoms with Gasteiger partial charge in [0.05, 0.1) is 0 Å². The third-order valence-corrected chi connectivity index (χ3v) is 6.82. The second kappa shape index (κ2) is 7.04. The van der Waals surface area contributed by atoms with Gasteiger partial charge in [-0.25, -0.2) is 9.59 Å². The van der Waals surface area contributed by atoms with Gasteiger partial charge < -0.3 is 14.2 Å². The Hall–Kier alpha value is -1.49. The Kier molecular flexibility index (Phi) is 5.39. The van der Waals surface area contributed by atoms with E-state index in [1.807, 2.05) is 0 Å². The lowest BCUT2D eigenvalue weighted by molar-refractivity contribution is -0.199. The molecule has 0 amide bonds. The number of carbonyl (C=O) groups excluding carboxylic acids is 2. The van der Waals surface area contributed by atoms with E-state index < -0.39 is 39.2 Å². The molecule has 2 atom stereocenters.